The second-order valence-corrected chi connectivity index (χ2v) is 3.09. The topological polar surface area (TPSA) is 43.6 Å². The Morgan fingerprint density at radius 1 is 1.46 bits per heavy atom. The fourth-order valence-electron chi connectivity index (χ4n) is 1.41. The van der Waals surface area contributed by atoms with E-state index in [1.165, 1.54) is 0 Å². The van der Waals surface area contributed by atoms with E-state index in [4.69, 9.17) is 0 Å². The number of rotatable bonds is 1. The van der Waals surface area contributed by atoms with Gasteiger partial charge in [0.25, 0.3) is 0 Å². The highest BCUT2D eigenvalue weighted by molar-refractivity contribution is 5.76. The number of aromatic nitrogens is 4. The molecule has 2 aromatic rings. The Kier molecular flexibility index (Phi) is 1.76. The van der Waals surface area contributed by atoms with Gasteiger partial charge in [0.1, 0.15) is 5.82 Å². The molecule has 0 fully saturated rings. The summed E-state index contributed by atoms with van der Waals surface area (Å²) in [4.78, 5) is 8.64. The molecule has 0 spiro atoms. The van der Waals surface area contributed by atoms with Gasteiger partial charge in [0, 0.05) is 19.7 Å². The van der Waals surface area contributed by atoms with E-state index in [1.54, 1.807) is 4.68 Å². The van der Waals surface area contributed by atoms with Crippen molar-refractivity contribution in [2.45, 2.75) is 20.3 Å². The van der Waals surface area contributed by atoms with E-state index >= 15 is 0 Å². The first-order valence-corrected chi connectivity index (χ1v) is 4.37. The van der Waals surface area contributed by atoms with E-state index in [-0.39, 0.29) is 0 Å². The molecule has 0 atom stereocenters. The Balaban J connectivity index is 2.76. The van der Waals surface area contributed by atoms with Crippen LogP contribution in [0.1, 0.15) is 18.4 Å². The van der Waals surface area contributed by atoms with E-state index in [9.17, 15) is 0 Å². The van der Waals surface area contributed by atoms with Crippen LogP contribution in [0.2, 0.25) is 0 Å². The second-order valence-electron chi connectivity index (χ2n) is 3.09. The van der Waals surface area contributed by atoms with Crippen molar-refractivity contribution >= 4 is 11.0 Å². The summed E-state index contributed by atoms with van der Waals surface area (Å²) in [5.41, 5.74) is 1.91. The molecule has 0 amide bonds. The third-order valence-electron chi connectivity index (χ3n) is 2.13. The zero-order valence-corrected chi connectivity index (χ0v) is 8.07. The normalized spacial score (nSPS) is 11.0. The first-order valence-electron chi connectivity index (χ1n) is 4.37. The minimum Gasteiger partial charge on any atom is -0.250 e. The molecular formula is C9H12N4. The monoisotopic (exact) mass is 176 g/mol. The molecule has 0 saturated carbocycles. The molecule has 68 valence electrons. The fourth-order valence-corrected chi connectivity index (χ4v) is 1.41. The maximum Gasteiger partial charge on any atom is 0.161 e. The first kappa shape index (κ1) is 8.16. The average Bonchev–Trinajstić information content (AvgIpc) is 2.42. The van der Waals surface area contributed by atoms with Crippen molar-refractivity contribution in [3.05, 3.63) is 17.7 Å². The van der Waals surface area contributed by atoms with Crippen LogP contribution in [0.5, 0.6) is 0 Å². The molecule has 0 radical (unpaired) electrons. The van der Waals surface area contributed by atoms with Gasteiger partial charge < -0.3 is 0 Å². The van der Waals surface area contributed by atoms with E-state index < -0.39 is 0 Å². The average molecular weight is 176 g/mol. The Morgan fingerprint density at radius 2 is 2.23 bits per heavy atom. The zero-order valence-electron chi connectivity index (χ0n) is 8.07. The molecule has 2 aromatic heterocycles. The van der Waals surface area contributed by atoms with Crippen molar-refractivity contribution in [3.63, 3.8) is 0 Å². The predicted molar refractivity (Wildman–Crippen MR) is 50.4 cm³/mol. The lowest BCUT2D eigenvalue weighted by atomic mass is 10.3. The van der Waals surface area contributed by atoms with Gasteiger partial charge in [0.05, 0.1) is 11.1 Å². The molecule has 0 aliphatic rings. The molecule has 2 heterocycles. The molecule has 0 aromatic carbocycles. The predicted octanol–water partition coefficient (Wildman–Crippen LogP) is 1.23. The van der Waals surface area contributed by atoms with Gasteiger partial charge in [-0.25, -0.2) is 9.97 Å². The van der Waals surface area contributed by atoms with E-state index in [2.05, 4.69) is 15.1 Å². The Labute approximate surface area is 76.6 Å². The molecule has 0 saturated heterocycles. The van der Waals surface area contributed by atoms with Crippen molar-refractivity contribution < 1.29 is 0 Å². The molecule has 0 unspecified atom stereocenters. The van der Waals surface area contributed by atoms with Crippen molar-refractivity contribution in [2.24, 2.45) is 7.05 Å². The van der Waals surface area contributed by atoms with Crippen LogP contribution in [0.4, 0.5) is 0 Å². The van der Waals surface area contributed by atoms with E-state index in [0.29, 0.717) is 0 Å². The van der Waals surface area contributed by atoms with Gasteiger partial charge in [-0.05, 0) is 6.92 Å². The minimum absolute atomic E-state index is 0.861. The molecule has 0 aliphatic heterocycles. The molecule has 0 aliphatic carbocycles. The number of nitrogens with zero attached hydrogens (tertiary/aromatic N) is 4. The highest BCUT2D eigenvalue weighted by Gasteiger charge is 2.06. The Bertz CT molecular complexity index is 444. The minimum atomic E-state index is 0.861. The van der Waals surface area contributed by atoms with Crippen LogP contribution in [0.3, 0.4) is 0 Å². The van der Waals surface area contributed by atoms with Gasteiger partial charge in [-0.3, -0.25) is 4.68 Å². The van der Waals surface area contributed by atoms with Crippen LogP contribution in [0.15, 0.2) is 6.20 Å². The maximum absolute atomic E-state index is 4.40. The summed E-state index contributed by atoms with van der Waals surface area (Å²) >= 11 is 0. The second kappa shape index (κ2) is 2.80. The number of hydrogen-bond acceptors (Lipinski definition) is 3. The maximum atomic E-state index is 4.40. The van der Waals surface area contributed by atoms with Gasteiger partial charge in [-0.15, -0.1) is 0 Å². The largest absolute Gasteiger partial charge is 0.250 e. The van der Waals surface area contributed by atoms with Crippen molar-refractivity contribution in [1.82, 2.24) is 19.7 Å². The first-order chi connectivity index (χ1) is 6.22. The Morgan fingerprint density at radius 3 is 2.92 bits per heavy atom. The van der Waals surface area contributed by atoms with Crippen molar-refractivity contribution in [3.8, 4) is 0 Å². The van der Waals surface area contributed by atoms with Crippen LogP contribution >= 0.6 is 0 Å². The zero-order chi connectivity index (χ0) is 9.42. The van der Waals surface area contributed by atoms with Gasteiger partial charge in [-0.2, -0.15) is 5.10 Å². The van der Waals surface area contributed by atoms with E-state index in [0.717, 1.165) is 29.0 Å². The third kappa shape index (κ3) is 1.18. The van der Waals surface area contributed by atoms with E-state index in [1.807, 2.05) is 27.1 Å². The van der Waals surface area contributed by atoms with Crippen LogP contribution in [-0.4, -0.2) is 19.7 Å². The summed E-state index contributed by atoms with van der Waals surface area (Å²) in [6.07, 6.45) is 2.71. The molecule has 0 N–H and O–H groups in total. The molecule has 13 heavy (non-hydrogen) atoms. The van der Waals surface area contributed by atoms with Crippen LogP contribution in [0, 0.1) is 6.92 Å². The lowest BCUT2D eigenvalue weighted by Crippen LogP contribution is -1.96. The number of aryl methyl sites for hydroxylation is 3. The number of hydrogen-bond donors (Lipinski definition) is 0. The van der Waals surface area contributed by atoms with Gasteiger partial charge in [-0.1, -0.05) is 6.92 Å². The van der Waals surface area contributed by atoms with Gasteiger partial charge >= 0.3 is 0 Å². The summed E-state index contributed by atoms with van der Waals surface area (Å²) in [6.45, 7) is 4.02. The van der Waals surface area contributed by atoms with Crippen molar-refractivity contribution in [1.29, 1.82) is 0 Å². The quantitative estimate of drug-likeness (QED) is 0.656. The molecular weight excluding hydrogens is 164 g/mol. The number of fused-ring (bicyclic) bond motifs is 1. The lowest BCUT2D eigenvalue weighted by molar-refractivity contribution is 0.768. The summed E-state index contributed by atoms with van der Waals surface area (Å²) < 4.78 is 1.80. The standard InChI is InChI=1S/C9H12N4/c1-4-8-10-5-7-6(2)12-13(3)9(7)11-8/h5H,4H2,1-3H3. The third-order valence-corrected chi connectivity index (χ3v) is 2.13. The highest BCUT2D eigenvalue weighted by atomic mass is 15.3. The Hall–Kier alpha value is -1.45. The van der Waals surface area contributed by atoms with Crippen LogP contribution in [0.25, 0.3) is 11.0 Å². The summed E-state index contributed by atoms with van der Waals surface area (Å²) in [6, 6.07) is 0. The van der Waals surface area contributed by atoms with Gasteiger partial charge in [0.2, 0.25) is 0 Å². The lowest BCUT2D eigenvalue weighted by Gasteiger charge is -1.95. The van der Waals surface area contributed by atoms with Crippen LogP contribution in [-0.2, 0) is 13.5 Å². The van der Waals surface area contributed by atoms with Crippen LogP contribution < -0.4 is 0 Å². The summed E-state index contributed by atoms with van der Waals surface area (Å²) in [7, 11) is 1.90. The molecule has 2 rings (SSSR count). The highest BCUT2D eigenvalue weighted by Crippen LogP contribution is 2.13. The van der Waals surface area contributed by atoms with Crippen molar-refractivity contribution in [2.75, 3.05) is 0 Å². The molecule has 4 heteroatoms. The summed E-state index contributed by atoms with van der Waals surface area (Å²) in [5.74, 6) is 0.871. The molecule has 4 nitrogen and oxygen atoms in total. The SMILES string of the molecule is CCc1ncc2c(C)nn(C)c2n1. The van der Waals surface area contributed by atoms with Gasteiger partial charge in [0.15, 0.2) is 5.65 Å². The molecule has 0 bridgehead atoms. The fraction of sp³-hybridized carbons (Fsp3) is 0.444. The smallest absolute Gasteiger partial charge is 0.161 e. The summed E-state index contributed by atoms with van der Waals surface area (Å²) in [5, 5.41) is 5.32.